The molecule has 2 aromatic carbocycles. The van der Waals surface area contributed by atoms with Gasteiger partial charge in [0, 0.05) is 30.6 Å². The van der Waals surface area contributed by atoms with Gasteiger partial charge < -0.3 is 9.73 Å². The van der Waals surface area contributed by atoms with Crippen LogP contribution >= 0.6 is 0 Å². The minimum absolute atomic E-state index is 0.0434. The number of aromatic nitrogens is 1. The van der Waals surface area contributed by atoms with Crippen molar-refractivity contribution in [2.75, 3.05) is 0 Å². The fraction of sp³-hybridized carbons (Fsp3) is 0.0400. The molecule has 0 aliphatic carbocycles. The number of sulfone groups is 1. The number of nitrogens with two attached hydrogens (primary N) is 1. The number of nitrogens with one attached hydrogen (secondary N) is 1. The molecule has 0 bridgehead atoms. The Bertz CT molecular complexity index is 1610. The predicted molar refractivity (Wildman–Crippen MR) is 133 cm³/mol. The molecule has 0 fully saturated rings. The maximum Gasteiger partial charge on any atom is 0.263 e. The number of hydrogen-bond donors (Lipinski definition) is 2. The highest BCUT2D eigenvalue weighted by Crippen LogP contribution is 2.27. The van der Waals surface area contributed by atoms with Crippen molar-refractivity contribution in [1.29, 1.82) is 0 Å². The smallest absolute Gasteiger partial charge is 0.263 e. The van der Waals surface area contributed by atoms with Crippen molar-refractivity contribution in [1.82, 2.24) is 10.3 Å². The third-order valence-corrected chi connectivity index (χ3v) is 7.81. The first-order valence-electron chi connectivity index (χ1n) is 10.6. The van der Waals surface area contributed by atoms with Crippen molar-refractivity contribution in [3.05, 3.63) is 107 Å². The lowest BCUT2D eigenvalue weighted by Crippen LogP contribution is -2.28. The molecule has 0 saturated carbocycles. The van der Waals surface area contributed by atoms with Gasteiger partial charge in [-0.25, -0.2) is 22.0 Å². The van der Waals surface area contributed by atoms with Crippen LogP contribution in [0.4, 0.5) is 0 Å². The van der Waals surface area contributed by atoms with E-state index in [4.69, 9.17) is 9.56 Å². The van der Waals surface area contributed by atoms with E-state index < -0.39 is 30.7 Å². The largest absolute Gasteiger partial charge is 0.457 e. The molecule has 3 N–H and O–H groups in total. The number of carbonyl (C=O) groups is 1. The normalized spacial score (nSPS) is 12.3. The van der Waals surface area contributed by atoms with Gasteiger partial charge in [0.05, 0.1) is 9.79 Å². The molecule has 11 heteroatoms. The van der Waals surface area contributed by atoms with Gasteiger partial charge in [-0.2, -0.15) is 0 Å². The zero-order valence-electron chi connectivity index (χ0n) is 18.7. The van der Waals surface area contributed by atoms with Crippen LogP contribution in [-0.2, 0) is 31.2 Å². The summed E-state index contributed by atoms with van der Waals surface area (Å²) in [5.41, 5.74) is 1.24. The first kappa shape index (κ1) is 25.0. The van der Waals surface area contributed by atoms with Crippen LogP contribution in [0.5, 0.6) is 0 Å². The highest BCUT2D eigenvalue weighted by atomic mass is 32.2. The van der Waals surface area contributed by atoms with Crippen LogP contribution in [-0.4, -0.2) is 27.7 Å². The van der Waals surface area contributed by atoms with Gasteiger partial charge in [0.15, 0.2) is 0 Å². The fourth-order valence-corrected chi connectivity index (χ4v) is 5.16. The van der Waals surface area contributed by atoms with E-state index >= 15 is 0 Å². The Morgan fingerprint density at radius 3 is 2.25 bits per heavy atom. The van der Waals surface area contributed by atoms with Crippen molar-refractivity contribution >= 4 is 31.8 Å². The number of nitrogens with zero attached hydrogens (tertiary/aromatic N) is 1. The van der Waals surface area contributed by atoms with Crippen molar-refractivity contribution in [2.45, 2.75) is 16.3 Å². The van der Waals surface area contributed by atoms with E-state index in [1.54, 1.807) is 48.8 Å². The molecule has 2 heterocycles. The first-order valence-corrected chi connectivity index (χ1v) is 13.6. The standard InChI is InChI=1S/C25H21N3O6S2/c26-36(32,33)22-11-8-19(9-12-22)23-13-10-20(34-23)15-24(35(30,31)21-6-2-1-3-7-21)25(29)28-17-18-5-4-14-27-16-18/h1-16H,17H2,(H,28,29)(H2,26,32,33). The maximum atomic E-state index is 13.3. The van der Waals surface area contributed by atoms with Gasteiger partial charge >= 0.3 is 0 Å². The van der Waals surface area contributed by atoms with Crippen molar-refractivity contribution in [2.24, 2.45) is 5.14 Å². The van der Waals surface area contributed by atoms with Gasteiger partial charge in [-0.05, 0) is 60.2 Å². The predicted octanol–water partition coefficient (Wildman–Crippen LogP) is 3.12. The Morgan fingerprint density at radius 2 is 1.61 bits per heavy atom. The summed E-state index contributed by atoms with van der Waals surface area (Å²) < 4.78 is 55.4. The Kier molecular flexibility index (Phi) is 7.15. The first-order chi connectivity index (χ1) is 17.1. The van der Waals surface area contributed by atoms with Crippen molar-refractivity contribution in [3.63, 3.8) is 0 Å². The summed E-state index contributed by atoms with van der Waals surface area (Å²) in [5.74, 6) is -0.348. The number of carbonyl (C=O) groups excluding carboxylic acids is 1. The molecule has 36 heavy (non-hydrogen) atoms. The van der Waals surface area contributed by atoms with E-state index in [1.165, 1.54) is 42.5 Å². The van der Waals surface area contributed by atoms with Crippen molar-refractivity contribution < 1.29 is 26.0 Å². The molecule has 4 aromatic rings. The lowest BCUT2D eigenvalue weighted by atomic mass is 10.2. The molecule has 0 spiro atoms. The molecule has 0 saturated heterocycles. The average molecular weight is 524 g/mol. The topological polar surface area (TPSA) is 149 Å². The quantitative estimate of drug-likeness (QED) is 0.337. The summed E-state index contributed by atoms with van der Waals surface area (Å²) in [7, 11) is -8.03. The number of benzene rings is 2. The summed E-state index contributed by atoms with van der Waals surface area (Å²) in [6.07, 6.45) is 4.31. The number of pyridine rings is 1. The molecule has 2 aromatic heterocycles. The fourth-order valence-electron chi connectivity index (χ4n) is 3.29. The minimum Gasteiger partial charge on any atom is -0.457 e. The maximum absolute atomic E-state index is 13.3. The Labute approximate surface area is 208 Å². The second-order valence-corrected chi connectivity index (χ2v) is 11.1. The van der Waals surface area contributed by atoms with E-state index in [1.807, 2.05) is 0 Å². The molecule has 4 rings (SSSR count). The van der Waals surface area contributed by atoms with Crippen molar-refractivity contribution in [3.8, 4) is 11.3 Å². The lowest BCUT2D eigenvalue weighted by molar-refractivity contribution is -0.116. The molecular formula is C25H21N3O6S2. The molecule has 184 valence electrons. The van der Waals surface area contributed by atoms with Crippen LogP contribution in [0.2, 0.25) is 0 Å². The molecular weight excluding hydrogens is 502 g/mol. The van der Waals surface area contributed by atoms with Crippen LogP contribution in [0.1, 0.15) is 11.3 Å². The van der Waals surface area contributed by atoms with E-state index in [0.717, 1.165) is 6.08 Å². The highest BCUT2D eigenvalue weighted by molar-refractivity contribution is 7.96. The SMILES string of the molecule is NS(=O)(=O)c1ccc(-c2ccc(C=C(C(=O)NCc3cccnc3)S(=O)(=O)c3ccccc3)o2)cc1. The zero-order chi connectivity index (χ0) is 25.8. The highest BCUT2D eigenvalue weighted by Gasteiger charge is 2.27. The minimum atomic E-state index is -4.19. The summed E-state index contributed by atoms with van der Waals surface area (Å²) in [6.45, 7) is 0.0775. The molecule has 1 amide bonds. The second kappa shape index (κ2) is 10.3. The van der Waals surface area contributed by atoms with Crippen LogP contribution in [0.3, 0.4) is 0 Å². The molecule has 9 nitrogen and oxygen atoms in total. The number of rotatable bonds is 8. The molecule has 0 unspecified atom stereocenters. The van der Waals surface area contributed by atoms with Gasteiger partial charge in [0.25, 0.3) is 5.91 Å². The van der Waals surface area contributed by atoms with Crippen LogP contribution in [0, 0.1) is 0 Å². The third kappa shape index (κ3) is 5.77. The molecule has 0 aliphatic heterocycles. The summed E-state index contributed by atoms with van der Waals surface area (Å²) >= 11 is 0. The van der Waals surface area contributed by atoms with E-state index in [9.17, 15) is 21.6 Å². The summed E-state index contributed by atoms with van der Waals surface area (Å²) in [4.78, 5) is 16.4. The number of hydrogen-bond acceptors (Lipinski definition) is 7. The van der Waals surface area contributed by atoms with E-state index in [2.05, 4.69) is 10.3 Å². The van der Waals surface area contributed by atoms with Gasteiger partial charge in [0.2, 0.25) is 19.9 Å². The van der Waals surface area contributed by atoms with Crippen LogP contribution < -0.4 is 10.5 Å². The van der Waals surface area contributed by atoms with E-state index in [-0.39, 0.29) is 22.1 Å². The second-order valence-electron chi connectivity index (χ2n) is 7.64. The average Bonchev–Trinajstić information content (AvgIpc) is 3.35. The van der Waals surface area contributed by atoms with Crippen LogP contribution in [0.25, 0.3) is 17.4 Å². The number of primary sulfonamides is 1. The Hall–Kier alpha value is -4.06. The number of furan rings is 1. The number of amides is 1. The van der Waals surface area contributed by atoms with E-state index in [0.29, 0.717) is 16.9 Å². The third-order valence-electron chi connectivity index (χ3n) is 5.11. The zero-order valence-corrected chi connectivity index (χ0v) is 20.4. The Balaban J connectivity index is 1.68. The number of sulfonamides is 1. The van der Waals surface area contributed by atoms with Gasteiger partial charge in [-0.3, -0.25) is 9.78 Å². The van der Waals surface area contributed by atoms with Gasteiger partial charge in [-0.15, -0.1) is 0 Å². The molecule has 0 atom stereocenters. The summed E-state index contributed by atoms with van der Waals surface area (Å²) in [6, 6.07) is 19.8. The summed E-state index contributed by atoms with van der Waals surface area (Å²) in [5, 5.41) is 7.74. The van der Waals surface area contributed by atoms with Crippen LogP contribution in [0.15, 0.2) is 110 Å². The molecule has 0 aliphatic rings. The van der Waals surface area contributed by atoms with Gasteiger partial charge in [0.1, 0.15) is 16.4 Å². The molecule has 0 radical (unpaired) electrons. The monoisotopic (exact) mass is 523 g/mol. The lowest BCUT2D eigenvalue weighted by Gasteiger charge is -2.10. The van der Waals surface area contributed by atoms with Gasteiger partial charge in [-0.1, -0.05) is 24.3 Å². The Morgan fingerprint density at radius 1 is 0.889 bits per heavy atom.